The maximum absolute atomic E-state index is 11.1. The van der Waals surface area contributed by atoms with Crippen LogP contribution in [0.2, 0.25) is 0 Å². The zero-order valence-corrected chi connectivity index (χ0v) is 10.6. The molecule has 1 aromatic rings. The number of anilines is 2. The third-order valence-electron chi connectivity index (χ3n) is 2.42. The van der Waals surface area contributed by atoms with E-state index in [1.165, 1.54) is 19.1 Å². The lowest BCUT2D eigenvalue weighted by Gasteiger charge is -2.12. The second-order valence-electron chi connectivity index (χ2n) is 3.83. The Morgan fingerprint density at radius 3 is 1.67 bits per heavy atom. The van der Waals surface area contributed by atoms with Gasteiger partial charge in [0.2, 0.25) is 0 Å². The highest BCUT2D eigenvalue weighted by molar-refractivity contribution is 6.37. The van der Waals surface area contributed by atoms with E-state index in [1.807, 2.05) is 10.6 Å². The molecule has 0 atom stereocenters. The fourth-order valence-corrected chi connectivity index (χ4v) is 1.39. The first kappa shape index (κ1) is 15.6. The number of carbonyl (C=O) groups excluding carboxylic acids is 2. The smallest absolute Gasteiger partial charge is 0.394 e. The molecule has 0 saturated heterocycles. The summed E-state index contributed by atoms with van der Waals surface area (Å²) in [6.45, 7) is 1.41. The van der Waals surface area contributed by atoms with Crippen molar-refractivity contribution >= 4 is 35.1 Å². The minimum atomic E-state index is -1.73. The van der Waals surface area contributed by atoms with E-state index < -0.39 is 23.8 Å². The third kappa shape index (κ3) is 3.77. The number of nitrogens with zero attached hydrogens (tertiary/aromatic N) is 1. The molecule has 0 aliphatic rings. The van der Waals surface area contributed by atoms with Gasteiger partial charge in [-0.1, -0.05) is 0 Å². The Bertz CT molecular complexity index is 640. The van der Waals surface area contributed by atoms with Crippen molar-refractivity contribution in [1.82, 2.24) is 0 Å². The van der Waals surface area contributed by atoms with Gasteiger partial charge in [0, 0.05) is 11.4 Å². The number of carboxylic acids is 2. The van der Waals surface area contributed by atoms with Crippen molar-refractivity contribution in [2.45, 2.75) is 6.92 Å². The van der Waals surface area contributed by atoms with Gasteiger partial charge >= 0.3 is 23.8 Å². The molecular weight excluding hydrogens is 282 g/mol. The average Bonchev–Trinajstić information content (AvgIpc) is 2.42. The van der Waals surface area contributed by atoms with Crippen LogP contribution in [0, 0.1) is 18.3 Å². The lowest BCUT2D eigenvalue weighted by atomic mass is 10.1. The predicted molar refractivity (Wildman–Crippen MR) is 68.4 cm³/mol. The lowest BCUT2D eigenvalue weighted by Crippen LogP contribution is -2.24. The Hall–Kier alpha value is -3.41. The van der Waals surface area contributed by atoms with Crippen molar-refractivity contribution in [1.29, 1.82) is 5.26 Å². The molecule has 0 heterocycles. The van der Waals surface area contributed by atoms with Crippen molar-refractivity contribution in [2.75, 3.05) is 10.6 Å². The van der Waals surface area contributed by atoms with E-state index in [2.05, 4.69) is 0 Å². The van der Waals surface area contributed by atoms with Crippen molar-refractivity contribution in [3.63, 3.8) is 0 Å². The first-order valence-corrected chi connectivity index (χ1v) is 5.39. The second-order valence-corrected chi connectivity index (χ2v) is 3.83. The van der Waals surface area contributed by atoms with Crippen LogP contribution >= 0.6 is 0 Å². The van der Waals surface area contributed by atoms with Gasteiger partial charge in [-0.3, -0.25) is 9.59 Å². The quantitative estimate of drug-likeness (QED) is 0.554. The number of carbonyl (C=O) groups is 4. The molecule has 0 aliphatic carbocycles. The molecule has 1 aromatic carbocycles. The molecule has 21 heavy (non-hydrogen) atoms. The molecule has 4 N–H and O–H groups in total. The molecular formula is C12H9N3O6. The SMILES string of the molecule is Cc1c(NC(=O)C(=O)O)cc(C#N)cc1NC(=O)C(=O)O. The first-order valence-electron chi connectivity index (χ1n) is 5.39. The van der Waals surface area contributed by atoms with Gasteiger partial charge < -0.3 is 20.8 Å². The molecule has 1 rings (SSSR count). The summed E-state index contributed by atoms with van der Waals surface area (Å²) < 4.78 is 0. The summed E-state index contributed by atoms with van der Waals surface area (Å²) in [5, 5.41) is 30.0. The van der Waals surface area contributed by atoms with Crippen LogP contribution in [0.4, 0.5) is 11.4 Å². The Balaban J connectivity index is 3.24. The van der Waals surface area contributed by atoms with Crippen LogP contribution in [0.1, 0.15) is 11.1 Å². The fraction of sp³-hybridized carbons (Fsp3) is 0.0833. The number of nitriles is 1. The molecule has 0 aliphatic heterocycles. The minimum absolute atomic E-state index is 0.00183. The summed E-state index contributed by atoms with van der Waals surface area (Å²) in [6.07, 6.45) is 0. The summed E-state index contributed by atoms with van der Waals surface area (Å²) in [5.41, 5.74) is 0.157. The van der Waals surface area contributed by atoms with E-state index in [0.29, 0.717) is 0 Å². The molecule has 0 radical (unpaired) electrons. The summed E-state index contributed by atoms with van der Waals surface area (Å²) >= 11 is 0. The maximum atomic E-state index is 11.1. The van der Waals surface area contributed by atoms with Gasteiger partial charge in [0.05, 0.1) is 11.6 Å². The van der Waals surface area contributed by atoms with Crippen LogP contribution in [0.5, 0.6) is 0 Å². The molecule has 0 spiro atoms. The van der Waals surface area contributed by atoms with Crippen molar-refractivity contribution in [2.24, 2.45) is 0 Å². The normalized spacial score (nSPS) is 9.33. The van der Waals surface area contributed by atoms with Crippen molar-refractivity contribution in [3.05, 3.63) is 23.3 Å². The van der Waals surface area contributed by atoms with Crippen LogP contribution in [0.3, 0.4) is 0 Å². The fourth-order valence-electron chi connectivity index (χ4n) is 1.39. The molecule has 0 bridgehead atoms. The molecule has 2 amide bonds. The van der Waals surface area contributed by atoms with Crippen molar-refractivity contribution < 1.29 is 29.4 Å². The first-order chi connectivity index (χ1) is 9.76. The van der Waals surface area contributed by atoms with E-state index in [9.17, 15) is 19.2 Å². The zero-order valence-electron chi connectivity index (χ0n) is 10.6. The van der Waals surface area contributed by atoms with Crippen LogP contribution < -0.4 is 10.6 Å². The molecule has 9 heteroatoms. The Kier molecular flexibility index (Phi) is 4.59. The number of carboxylic acid groups (broad SMARTS) is 2. The maximum Gasteiger partial charge on any atom is 0.394 e. The number of hydrogen-bond acceptors (Lipinski definition) is 5. The molecule has 108 valence electrons. The highest BCUT2D eigenvalue weighted by Gasteiger charge is 2.18. The number of rotatable bonds is 2. The molecule has 0 unspecified atom stereocenters. The average molecular weight is 291 g/mol. The van der Waals surface area contributed by atoms with Crippen LogP contribution in [0.25, 0.3) is 0 Å². The number of aliphatic carboxylic acids is 2. The lowest BCUT2D eigenvalue weighted by molar-refractivity contribution is -0.147. The van der Waals surface area contributed by atoms with Gasteiger partial charge in [0.1, 0.15) is 0 Å². The van der Waals surface area contributed by atoms with Gasteiger partial charge in [-0.2, -0.15) is 5.26 Å². The Morgan fingerprint density at radius 2 is 1.38 bits per heavy atom. The second kappa shape index (κ2) is 6.16. The number of amides is 2. The van der Waals surface area contributed by atoms with Crippen LogP contribution in [0.15, 0.2) is 12.1 Å². The summed E-state index contributed by atoms with van der Waals surface area (Å²) in [5.74, 6) is -6.12. The topological polar surface area (TPSA) is 157 Å². The highest BCUT2D eigenvalue weighted by Crippen LogP contribution is 2.26. The van der Waals surface area contributed by atoms with E-state index in [4.69, 9.17) is 15.5 Å². The van der Waals surface area contributed by atoms with E-state index in [0.717, 1.165) is 0 Å². The molecule has 0 fully saturated rings. The third-order valence-corrected chi connectivity index (χ3v) is 2.42. The van der Waals surface area contributed by atoms with E-state index >= 15 is 0 Å². The van der Waals surface area contributed by atoms with E-state index in [-0.39, 0.29) is 22.5 Å². The van der Waals surface area contributed by atoms with Crippen LogP contribution in [-0.2, 0) is 19.2 Å². The molecule has 9 nitrogen and oxygen atoms in total. The van der Waals surface area contributed by atoms with Gasteiger partial charge in [-0.05, 0) is 24.6 Å². The largest absolute Gasteiger partial charge is 0.474 e. The van der Waals surface area contributed by atoms with Gasteiger partial charge in [0.15, 0.2) is 0 Å². The van der Waals surface area contributed by atoms with Crippen molar-refractivity contribution in [3.8, 4) is 6.07 Å². The van der Waals surface area contributed by atoms with E-state index in [1.54, 1.807) is 6.07 Å². The predicted octanol–water partition coefficient (Wildman–Crippen LogP) is -0.0871. The number of nitrogens with one attached hydrogen (secondary N) is 2. The minimum Gasteiger partial charge on any atom is -0.474 e. The van der Waals surface area contributed by atoms with Gasteiger partial charge in [-0.25, -0.2) is 9.59 Å². The van der Waals surface area contributed by atoms with Gasteiger partial charge in [0.25, 0.3) is 0 Å². The Morgan fingerprint density at radius 1 is 1.00 bits per heavy atom. The number of hydrogen-bond donors (Lipinski definition) is 4. The van der Waals surface area contributed by atoms with Gasteiger partial charge in [-0.15, -0.1) is 0 Å². The standard InChI is InChI=1S/C12H9N3O6/c1-5-7(14-9(16)11(18)19)2-6(4-13)3-8(5)15-10(17)12(20)21/h2-3H,1H3,(H,14,16)(H,15,17)(H,18,19)(H,20,21). The molecule has 0 saturated carbocycles. The molecule has 0 aromatic heterocycles. The summed E-state index contributed by atoms with van der Waals surface area (Å²) in [6, 6.07) is 4.14. The summed E-state index contributed by atoms with van der Waals surface area (Å²) in [4.78, 5) is 43.3. The Labute approximate surface area is 117 Å². The highest BCUT2D eigenvalue weighted by atomic mass is 16.4. The zero-order chi connectivity index (χ0) is 16.2. The van der Waals surface area contributed by atoms with Crippen LogP contribution in [-0.4, -0.2) is 34.0 Å². The number of benzene rings is 1. The summed E-state index contributed by atoms with van der Waals surface area (Å²) in [7, 11) is 0. The monoisotopic (exact) mass is 291 g/mol.